The van der Waals surface area contributed by atoms with Crippen molar-refractivity contribution in [2.45, 2.75) is 50.9 Å². The van der Waals surface area contributed by atoms with Crippen LogP contribution in [0.3, 0.4) is 0 Å². The lowest BCUT2D eigenvalue weighted by molar-refractivity contribution is -0.154. The van der Waals surface area contributed by atoms with Crippen molar-refractivity contribution in [3.8, 4) is 0 Å². The summed E-state index contributed by atoms with van der Waals surface area (Å²) in [5.41, 5.74) is 0. The molecule has 86 valence electrons. The van der Waals surface area contributed by atoms with Gasteiger partial charge in [-0.15, -0.1) is 0 Å². The summed E-state index contributed by atoms with van der Waals surface area (Å²) in [6.07, 6.45) is -2.33. The number of ketones is 1. The summed E-state index contributed by atoms with van der Waals surface area (Å²) in [7, 11) is 0. The normalized spacial score (nSPS) is 34.7. The van der Waals surface area contributed by atoms with Crippen LogP contribution >= 0.6 is 0 Å². The maximum Gasteiger partial charge on any atom is 0.308 e. The third kappa shape index (κ3) is 3.97. The van der Waals surface area contributed by atoms with Crippen LogP contribution in [-0.4, -0.2) is 40.3 Å². The van der Waals surface area contributed by atoms with Crippen LogP contribution in [0.15, 0.2) is 0 Å². The van der Waals surface area contributed by atoms with Crippen LogP contribution in [0.1, 0.15) is 32.6 Å². The highest BCUT2D eigenvalue weighted by molar-refractivity contribution is 5.79. The fourth-order valence-corrected chi connectivity index (χ4v) is 1.47. The van der Waals surface area contributed by atoms with Crippen LogP contribution in [-0.2, 0) is 14.3 Å². The number of cyclic esters (lactones) is 1. The third-order valence-electron chi connectivity index (χ3n) is 2.42. The van der Waals surface area contributed by atoms with Gasteiger partial charge < -0.3 is 14.9 Å². The van der Waals surface area contributed by atoms with Crippen molar-refractivity contribution in [3.05, 3.63) is 0 Å². The summed E-state index contributed by atoms with van der Waals surface area (Å²) in [5.74, 6) is -0.658. The molecule has 0 bridgehead atoms. The lowest BCUT2D eigenvalue weighted by Crippen LogP contribution is -2.33. The van der Waals surface area contributed by atoms with E-state index >= 15 is 0 Å². The van der Waals surface area contributed by atoms with Crippen molar-refractivity contribution >= 4 is 11.8 Å². The average molecular weight is 216 g/mol. The number of aliphatic hydroxyl groups is 2. The van der Waals surface area contributed by atoms with E-state index in [1.807, 2.05) is 0 Å². The molecule has 5 heteroatoms. The Hall–Kier alpha value is -0.940. The molecule has 5 nitrogen and oxygen atoms in total. The first kappa shape index (κ1) is 12.1. The van der Waals surface area contributed by atoms with Gasteiger partial charge in [-0.25, -0.2) is 0 Å². The largest absolute Gasteiger partial charge is 0.463 e. The Morgan fingerprint density at radius 1 is 1.20 bits per heavy atom. The van der Waals surface area contributed by atoms with Crippen molar-refractivity contribution in [2.24, 2.45) is 0 Å². The van der Waals surface area contributed by atoms with Gasteiger partial charge in [-0.2, -0.15) is 0 Å². The van der Waals surface area contributed by atoms with Crippen LogP contribution < -0.4 is 0 Å². The van der Waals surface area contributed by atoms with Crippen LogP contribution in [0.2, 0.25) is 0 Å². The Bertz CT molecular complexity index is 250. The topological polar surface area (TPSA) is 83.8 Å². The van der Waals surface area contributed by atoms with Crippen molar-refractivity contribution in [2.75, 3.05) is 0 Å². The molecule has 1 aliphatic heterocycles. The fraction of sp³-hybridized carbons (Fsp3) is 0.800. The zero-order valence-corrected chi connectivity index (χ0v) is 8.68. The molecule has 0 unspecified atom stereocenters. The summed E-state index contributed by atoms with van der Waals surface area (Å²) < 4.78 is 4.93. The number of aliphatic hydroxyl groups excluding tert-OH is 2. The molecule has 2 N–H and O–H groups in total. The molecule has 0 radical (unpaired) electrons. The molecule has 0 saturated carbocycles. The molecule has 1 fully saturated rings. The van der Waals surface area contributed by atoms with Crippen molar-refractivity contribution in [1.29, 1.82) is 0 Å². The molecule has 0 spiro atoms. The molecule has 1 heterocycles. The summed E-state index contributed by atoms with van der Waals surface area (Å²) in [6, 6.07) is 0. The minimum absolute atomic E-state index is 0.0961. The SMILES string of the molecule is C[C@H]1CCC(=O)C[C@@H](O)[C@@H](O)CC(=O)O1. The van der Waals surface area contributed by atoms with Crippen LogP contribution in [0.25, 0.3) is 0 Å². The van der Waals surface area contributed by atoms with Gasteiger partial charge in [0.1, 0.15) is 5.78 Å². The van der Waals surface area contributed by atoms with Gasteiger partial charge in [-0.05, 0) is 13.3 Å². The summed E-state index contributed by atoms with van der Waals surface area (Å²) in [4.78, 5) is 22.4. The molecular formula is C10H16O5. The standard InChI is InChI=1S/C10H16O5/c1-6-2-3-7(11)4-8(12)9(13)5-10(14)15-6/h6,8-9,12-13H,2-5H2,1H3/t6-,8+,9-/m0/s1. The molecule has 1 rings (SSSR count). The van der Waals surface area contributed by atoms with Crippen molar-refractivity contribution < 1.29 is 24.5 Å². The van der Waals surface area contributed by atoms with Gasteiger partial charge in [0.05, 0.1) is 24.7 Å². The molecular weight excluding hydrogens is 200 g/mol. The Morgan fingerprint density at radius 2 is 1.80 bits per heavy atom. The second-order valence-corrected chi connectivity index (χ2v) is 3.92. The van der Waals surface area contributed by atoms with E-state index < -0.39 is 18.2 Å². The third-order valence-corrected chi connectivity index (χ3v) is 2.42. The van der Waals surface area contributed by atoms with E-state index in [4.69, 9.17) is 4.74 Å². The molecule has 3 atom stereocenters. The van der Waals surface area contributed by atoms with Gasteiger partial charge in [0.2, 0.25) is 0 Å². The first-order chi connectivity index (χ1) is 6.99. The molecule has 1 saturated heterocycles. The fourth-order valence-electron chi connectivity index (χ4n) is 1.47. The Labute approximate surface area is 88.0 Å². The minimum atomic E-state index is -1.22. The Morgan fingerprint density at radius 3 is 2.47 bits per heavy atom. The van der Waals surface area contributed by atoms with Gasteiger partial charge in [0.25, 0.3) is 0 Å². The first-order valence-electron chi connectivity index (χ1n) is 5.06. The molecule has 0 aliphatic carbocycles. The Balaban J connectivity index is 2.63. The summed E-state index contributed by atoms with van der Waals surface area (Å²) in [6.45, 7) is 1.70. The minimum Gasteiger partial charge on any atom is -0.463 e. The van der Waals surface area contributed by atoms with E-state index in [2.05, 4.69) is 0 Å². The van der Waals surface area contributed by atoms with E-state index in [0.29, 0.717) is 6.42 Å². The highest BCUT2D eigenvalue weighted by atomic mass is 16.5. The van der Waals surface area contributed by atoms with Gasteiger partial charge in [0.15, 0.2) is 0 Å². The van der Waals surface area contributed by atoms with E-state index in [1.165, 1.54) is 0 Å². The number of carbonyl (C=O) groups is 2. The van der Waals surface area contributed by atoms with E-state index in [1.54, 1.807) is 6.92 Å². The monoisotopic (exact) mass is 216 g/mol. The van der Waals surface area contributed by atoms with Gasteiger partial charge >= 0.3 is 5.97 Å². The second-order valence-electron chi connectivity index (χ2n) is 3.92. The average Bonchev–Trinajstić information content (AvgIpc) is 2.13. The number of carbonyl (C=O) groups excluding carboxylic acids is 2. The smallest absolute Gasteiger partial charge is 0.308 e. The number of ether oxygens (including phenoxy) is 1. The van der Waals surface area contributed by atoms with E-state index in [-0.39, 0.29) is 31.1 Å². The van der Waals surface area contributed by atoms with Gasteiger partial charge in [-0.1, -0.05) is 0 Å². The number of Topliss-reactive ketones (excluding diaryl/α,β-unsaturated/α-hetero) is 1. The van der Waals surface area contributed by atoms with E-state index in [9.17, 15) is 19.8 Å². The Kier molecular flexibility index (Phi) is 4.23. The zero-order valence-electron chi connectivity index (χ0n) is 8.68. The molecule has 1 aliphatic rings. The lowest BCUT2D eigenvalue weighted by Gasteiger charge is -2.20. The molecule has 0 aromatic carbocycles. The van der Waals surface area contributed by atoms with Crippen LogP contribution in [0, 0.1) is 0 Å². The predicted molar refractivity (Wildman–Crippen MR) is 51.0 cm³/mol. The summed E-state index contributed by atoms with van der Waals surface area (Å²) >= 11 is 0. The molecule has 0 amide bonds. The molecule has 0 aromatic heterocycles. The second kappa shape index (κ2) is 5.23. The predicted octanol–water partition coefficient (Wildman–Crippen LogP) is -0.217. The van der Waals surface area contributed by atoms with Gasteiger partial charge in [0, 0.05) is 12.8 Å². The van der Waals surface area contributed by atoms with Crippen molar-refractivity contribution in [1.82, 2.24) is 0 Å². The summed E-state index contributed by atoms with van der Waals surface area (Å²) in [5, 5.41) is 18.7. The number of hydrogen-bond acceptors (Lipinski definition) is 5. The number of rotatable bonds is 0. The first-order valence-corrected chi connectivity index (χ1v) is 5.06. The van der Waals surface area contributed by atoms with Crippen LogP contribution in [0.5, 0.6) is 0 Å². The highest BCUT2D eigenvalue weighted by Crippen LogP contribution is 2.13. The van der Waals surface area contributed by atoms with Crippen molar-refractivity contribution in [3.63, 3.8) is 0 Å². The quantitative estimate of drug-likeness (QED) is 0.547. The highest BCUT2D eigenvalue weighted by Gasteiger charge is 2.25. The van der Waals surface area contributed by atoms with Crippen LogP contribution in [0.4, 0.5) is 0 Å². The zero-order chi connectivity index (χ0) is 11.4. The lowest BCUT2D eigenvalue weighted by atomic mass is 10.0. The molecule has 15 heavy (non-hydrogen) atoms. The van der Waals surface area contributed by atoms with E-state index in [0.717, 1.165) is 0 Å². The number of hydrogen-bond donors (Lipinski definition) is 2. The maximum absolute atomic E-state index is 11.3. The molecule has 0 aromatic rings. The number of esters is 1. The van der Waals surface area contributed by atoms with Gasteiger partial charge in [-0.3, -0.25) is 9.59 Å². The maximum atomic E-state index is 11.3.